The van der Waals surface area contributed by atoms with E-state index in [9.17, 15) is 13.2 Å². The molecule has 0 spiro atoms. The van der Waals surface area contributed by atoms with E-state index in [1.807, 2.05) is 18.2 Å². The molecule has 0 unspecified atom stereocenters. The lowest BCUT2D eigenvalue weighted by Crippen LogP contribution is -2.37. The van der Waals surface area contributed by atoms with E-state index in [2.05, 4.69) is 5.32 Å². The van der Waals surface area contributed by atoms with Gasteiger partial charge in [0.25, 0.3) is 0 Å². The third-order valence-corrected chi connectivity index (χ3v) is 8.20. The fraction of sp³-hybridized carbons (Fsp3) is 0.0741. The molecule has 0 saturated heterocycles. The van der Waals surface area contributed by atoms with Crippen LogP contribution in [-0.4, -0.2) is 25.2 Å². The molecule has 0 fully saturated rings. The second-order valence-electron chi connectivity index (χ2n) is 8.07. The van der Waals surface area contributed by atoms with Crippen molar-refractivity contribution in [1.29, 1.82) is 0 Å². The molecule has 4 aromatic rings. The Labute approximate surface area is 240 Å². The SMILES string of the molecule is O=C(CN(Cc1ccc(Cl)cc1Cl)S(=O)(=O)c1ccc(Cl)cc1)Nc1cc(Cl)ccc1Oc1ccccc1. The van der Waals surface area contributed by atoms with Gasteiger partial charge in [-0.25, -0.2) is 8.42 Å². The van der Waals surface area contributed by atoms with Crippen LogP contribution < -0.4 is 10.1 Å². The Morgan fingerprint density at radius 3 is 2.11 bits per heavy atom. The first-order valence-electron chi connectivity index (χ1n) is 11.1. The van der Waals surface area contributed by atoms with Gasteiger partial charge in [0, 0.05) is 26.6 Å². The molecule has 0 aliphatic rings. The lowest BCUT2D eigenvalue weighted by molar-refractivity contribution is -0.116. The van der Waals surface area contributed by atoms with Gasteiger partial charge in [-0.3, -0.25) is 4.79 Å². The van der Waals surface area contributed by atoms with Gasteiger partial charge < -0.3 is 10.1 Å². The molecule has 196 valence electrons. The Balaban J connectivity index is 1.62. The van der Waals surface area contributed by atoms with Gasteiger partial charge in [0.1, 0.15) is 5.75 Å². The average Bonchev–Trinajstić information content (AvgIpc) is 2.87. The Kier molecular flexibility index (Phi) is 9.20. The van der Waals surface area contributed by atoms with Crippen molar-refractivity contribution in [3.05, 3.63) is 117 Å². The fourth-order valence-electron chi connectivity index (χ4n) is 3.48. The van der Waals surface area contributed by atoms with E-state index in [4.69, 9.17) is 51.1 Å². The number of para-hydroxylation sites is 1. The van der Waals surface area contributed by atoms with Crippen LogP contribution in [0.1, 0.15) is 5.56 Å². The maximum absolute atomic E-state index is 13.6. The maximum atomic E-state index is 13.6. The normalized spacial score (nSPS) is 11.4. The summed E-state index contributed by atoms with van der Waals surface area (Å²) in [6, 6.07) is 24.1. The summed E-state index contributed by atoms with van der Waals surface area (Å²) in [5.41, 5.74) is 0.747. The highest BCUT2D eigenvalue weighted by Crippen LogP contribution is 2.32. The number of anilines is 1. The minimum Gasteiger partial charge on any atom is -0.455 e. The zero-order valence-corrected chi connectivity index (χ0v) is 23.4. The topological polar surface area (TPSA) is 75.7 Å². The van der Waals surface area contributed by atoms with Gasteiger partial charge >= 0.3 is 0 Å². The maximum Gasteiger partial charge on any atom is 0.243 e. The third-order valence-electron chi connectivity index (χ3n) is 5.32. The third kappa shape index (κ3) is 7.20. The van der Waals surface area contributed by atoms with Crippen LogP contribution in [0.2, 0.25) is 20.1 Å². The quantitative estimate of drug-likeness (QED) is 0.209. The molecule has 0 bridgehead atoms. The van der Waals surface area contributed by atoms with Gasteiger partial charge in [0.05, 0.1) is 17.1 Å². The molecule has 4 rings (SSSR count). The Bertz CT molecular complexity index is 1550. The van der Waals surface area contributed by atoms with Crippen molar-refractivity contribution in [1.82, 2.24) is 4.31 Å². The monoisotopic (exact) mass is 608 g/mol. The zero-order chi connectivity index (χ0) is 27.3. The van der Waals surface area contributed by atoms with Crippen LogP contribution in [0.15, 0.2) is 95.9 Å². The number of amides is 1. The highest BCUT2D eigenvalue weighted by atomic mass is 35.5. The molecule has 0 heterocycles. The number of benzene rings is 4. The summed E-state index contributed by atoms with van der Waals surface area (Å²) < 4.78 is 34.0. The van der Waals surface area contributed by atoms with E-state index in [-0.39, 0.29) is 22.2 Å². The average molecular weight is 610 g/mol. The molecule has 6 nitrogen and oxygen atoms in total. The van der Waals surface area contributed by atoms with Gasteiger partial charge in [-0.15, -0.1) is 0 Å². The highest BCUT2D eigenvalue weighted by Gasteiger charge is 2.28. The van der Waals surface area contributed by atoms with Crippen LogP contribution in [0, 0.1) is 0 Å². The molecule has 11 heteroatoms. The van der Waals surface area contributed by atoms with Crippen LogP contribution in [0.25, 0.3) is 0 Å². The first-order chi connectivity index (χ1) is 18.1. The molecule has 1 N–H and O–H groups in total. The molecule has 1 amide bonds. The van der Waals surface area contributed by atoms with Crippen LogP contribution in [-0.2, 0) is 21.4 Å². The highest BCUT2D eigenvalue weighted by molar-refractivity contribution is 7.89. The van der Waals surface area contributed by atoms with Crippen molar-refractivity contribution in [3.8, 4) is 11.5 Å². The predicted octanol–water partition coefficient (Wildman–Crippen LogP) is 7.92. The molecular formula is C27H20Cl4N2O4S. The lowest BCUT2D eigenvalue weighted by atomic mass is 10.2. The van der Waals surface area contributed by atoms with Crippen molar-refractivity contribution in [3.63, 3.8) is 0 Å². The van der Waals surface area contributed by atoms with E-state index >= 15 is 0 Å². The van der Waals surface area contributed by atoms with Crippen LogP contribution >= 0.6 is 46.4 Å². The van der Waals surface area contributed by atoms with Crippen molar-refractivity contribution >= 4 is 68.0 Å². The number of rotatable bonds is 9. The molecule has 38 heavy (non-hydrogen) atoms. The Morgan fingerprint density at radius 1 is 0.789 bits per heavy atom. The summed E-state index contributed by atoms with van der Waals surface area (Å²) in [6.45, 7) is -0.710. The molecule has 0 aliphatic heterocycles. The van der Waals surface area contributed by atoms with Crippen LogP contribution in [0.4, 0.5) is 5.69 Å². The van der Waals surface area contributed by atoms with E-state index < -0.39 is 22.5 Å². The molecule has 0 radical (unpaired) electrons. The van der Waals surface area contributed by atoms with E-state index in [0.29, 0.717) is 32.1 Å². The summed E-state index contributed by atoms with van der Waals surface area (Å²) in [4.78, 5) is 13.2. The van der Waals surface area contributed by atoms with Crippen molar-refractivity contribution in [2.75, 3.05) is 11.9 Å². The standard InChI is InChI=1S/C27H20Cl4N2O4S/c28-19-8-11-23(12-9-19)38(35,36)33(16-18-6-7-20(29)14-24(18)31)17-27(34)32-25-15-21(30)10-13-26(25)37-22-4-2-1-3-5-22/h1-15H,16-17H2,(H,32,34). The summed E-state index contributed by atoms with van der Waals surface area (Å²) in [7, 11) is -4.13. The largest absolute Gasteiger partial charge is 0.455 e. The number of sulfonamides is 1. The number of nitrogens with zero attached hydrogens (tertiary/aromatic N) is 1. The number of carbonyl (C=O) groups excluding carboxylic acids is 1. The van der Waals surface area contributed by atoms with Crippen molar-refractivity contribution in [2.45, 2.75) is 11.4 Å². The van der Waals surface area contributed by atoms with Crippen molar-refractivity contribution < 1.29 is 17.9 Å². The number of hydrogen-bond donors (Lipinski definition) is 1. The molecule has 0 aromatic heterocycles. The minimum atomic E-state index is -4.13. The summed E-state index contributed by atoms with van der Waals surface area (Å²) in [5.74, 6) is 0.268. The molecular weight excluding hydrogens is 590 g/mol. The number of carbonyl (C=O) groups is 1. The minimum absolute atomic E-state index is 0.0318. The van der Waals surface area contributed by atoms with E-state index in [1.165, 1.54) is 36.4 Å². The zero-order valence-electron chi connectivity index (χ0n) is 19.6. The number of halogens is 4. The lowest BCUT2D eigenvalue weighted by Gasteiger charge is -2.23. The van der Waals surface area contributed by atoms with Crippen LogP contribution in [0.3, 0.4) is 0 Å². The summed E-state index contributed by atoms with van der Waals surface area (Å²) >= 11 is 24.4. The first-order valence-corrected chi connectivity index (χ1v) is 14.1. The van der Waals surface area contributed by atoms with E-state index in [0.717, 1.165) is 4.31 Å². The van der Waals surface area contributed by atoms with Gasteiger partial charge in [-0.05, 0) is 72.3 Å². The second kappa shape index (κ2) is 12.4. The summed E-state index contributed by atoms with van der Waals surface area (Å²) in [5, 5.41) is 4.12. The number of hydrogen-bond acceptors (Lipinski definition) is 4. The first kappa shape index (κ1) is 28.2. The van der Waals surface area contributed by atoms with Gasteiger partial charge in [-0.1, -0.05) is 70.7 Å². The predicted molar refractivity (Wildman–Crippen MR) is 152 cm³/mol. The van der Waals surface area contributed by atoms with Crippen molar-refractivity contribution in [2.24, 2.45) is 0 Å². The van der Waals surface area contributed by atoms with Gasteiger partial charge in [0.15, 0.2) is 5.75 Å². The smallest absolute Gasteiger partial charge is 0.243 e. The fourth-order valence-corrected chi connectivity index (χ4v) is 5.62. The molecule has 0 saturated carbocycles. The Morgan fingerprint density at radius 2 is 1.42 bits per heavy atom. The molecule has 0 atom stereocenters. The number of ether oxygens (including phenoxy) is 1. The number of nitrogens with one attached hydrogen (secondary N) is 1. The molecule has 0 aliphatic carbocycles. The van der Waals surface area contributed by atoms with Gasteiger partial charge in [-0.2, -0.15) is 4.31 Å². The Hall–Kier alpha value is -2.78. The van der Waals surface area contributed by atoms with E-state index in [1.54, 1.807) is 36.4 Å². The summed E-state index contributed by atoms with van der Waals surface area (Å²) in [6.07, 6.45) is 0. The molecule has 4 aromatic carbocycles. The second-order valence-corrected chi connectivity index (χ2v) is 11.7. The van der Waals surface area contributed by atoms with Crippen LogP contribution in [0.5, 0.6) is 11.5 Å². The van der Waals surface area contributed by atoms with Gasteiger partial charge in [0.2, 0.25) is 15.9 Å².